The third-order valence-electron chi connectivity index (χ3n) is 4.86. The van der Waals surface area contributed by atoms with Crippen LogP contribution in [0, 0.1) is 0 Å². The van der Waals surface area contributed by atoms with Crippen molar-refractivity contribution in [1.29, 1.82) is 0 Å². The van der Waals surface area contributed by atoms with Crippen LogP contribution in [-0.2, 0) is 10.0 Å². The van der Waals surface area contributed by atoms with Crippen molar-refractivity contribution in [2.24, 2.45) is 0 Å². The minimum Gasteiger partial charge on any atom is -0.357 e. The fraction of sp³-hybridized carbons (Fsp3) is 0.353. The maximum atomic E-state index is 13.2. The number of fused-ring (bicyclic) bond motifs is 3. The van der Waals surface area contributed by atoms with Crippen LogP contribution in [0.3, 0.4) is 0 Å². The van der Waals surface area contributed by atoms with Crippen molar-refractivity contribution in [1.82, 2.24) is 19.6 Å². The Bertz CT molecular complexity index is 1090. The topological polar surface area (TPSA) is 98.1 Å². The first-order valence-corrected chi connectivity index (χ1v) is 9.82. The van der Waals surface area contributed by atoms with Gasteiger partial charge in [0.25, 0.3) is 5.56 Å². The lowest BCUT2D eigenvalue weighted by Gasteiger charge is -2.26. The van der Waals surface area contributed by atoms with Crippen LogP contribution in [0.2, 0.25) is 0 Å². The molecule has 0 bridgehead atoms. The number of H-pyrrole nitrogens is 2. The van der Waals surface area contributed by atoms with E-state index in [0.717, 1.165) is 23.7 Å². The number of aromatic amines is 2. The van der Waals surface area contributed by atoms with E-state index in [4.69, 9.17) is 0 Å². The highest BCUT2D eigenvalue weighted by molar-refractivity contribution is 7.89. The van der Waals surface area contributed by atoms with Gasteiger partial charge in [0.05, 0.1) is 4.90 Å². The van der Waals surface area contributed by atoms with Gasteiger partial charge in [-0.2, -0.15) is 4.31 Å². The van der Waals surface area contributed by atoms with Crippen LogP contribution in [0.15, 0.2) is 40.2 Å². The van der Waals surface area contributed by atoms with E-state index in [-0.39, 0.29) is 16.5 Å². The molecule has 1 aromatic carbocycles. The van der Waals surface area contributed by atoms with E-state index >= 15 is 0 Å². The lowest BCUT2D eigenvalue weighted by atomic mass is 10.1. The molecule has 0 amide bonds. The van der Waals surface area contributed by atoms with Crippen LogP contribution in [0.25, 0.3) is 21.8 Å². The highest BCUT2D eigenvalue weighted by Gasteiger charge is 2.32. The lowest BCUT2D eigenvalue weighted by Crippen LogP contribution is -2.41. The monoisotopic (exact) mass is 360 g/mol. The zero-order valence-electron chi connectivity index (χ0n) is 13.9. The zero-order chi connectivity index (χ0) is 17.6. The average Bonchev–Trinajstić information content (AvgIpc) is 3.27. The van der Waals surface area contributed by atoms with Crippen LogP contribution in [0.5, 0.6) is 0 Å². The van der Waals surface area contributed by atoms with Crippen molar-refractivity contribution >= 4 is 31.8 Å². The van der Waals surface area contributed by atoms with Gasteiger partial charge >= 0.3 is 0 Å². The van der Waals surface area contributed by atoms with Gasteiger partial charge in [-0.05, 0) is 37.2 Å². The molecule has 3 heterocycles. The fourth-order valence-corrected chi connectivity index (χ4v) is 5.32. The summed E-state index contributed by atoms with van der Waals surface area (Å²) in [5, 5.41) is 4.66. The van der Waals surface area contributed by atoms with Crippen LogP contribution >= 0.6 is 0 Å². The molecular weight excluding hydrogens is 340 g/mol. The highest BCUT2D eigenvalue weighted by atomic mass is 32.2. The zero-order valence-corrected chi connectivity index (χ0v) is 14.7. The predicted molar refractivity (Wildman–Crippen MR) is 97.3 cm³/mol. The molecule has 8 heteroatoms. The SMILES string of the molecule is CCN(C1CCNC1)S(=O)(=O)c1ccc2[nH]c(=O)c3[nH]ccc3c2c1. The van der Waals surface area contributed by atoms with Gasteiger partial charge < -0.3 is 15.3 Å². The van der Waals surface area contributed by atoms with Crippen LogP contribution in [0.4, 0.5) is 0 Å². The highest BCUT2D eigenvalue weighted by Crippen LogP contribution is 2.27. The van der Waals surface area contributed by atoms with Crippen molar-refractivity contribution < 1.29 is 8.42 Å². The first kappa shape index (κ1) is 16.3. The van der Waals surface area contributed by atoms with Gasteiger partial charge in [-0.1, -0.05) is 6.92 Å². The number of aromatic nitrogens is 2. The van der Waals surface area contributed by atoms with E-state index in [1.165, 1.54) is 0 Å². The minimum atomic E-state index is -3.60. The van der Waals surface area contributed by atoms with E-state index in [0.29, 0.717) is 24.1 Å². The van der Waals surface area contributed by atoms with Crippen LogP contribution in [-0.4, -0.2) is 48.4 Å². The molecule has 132 valence electrons. The number of benzene rings is 1. The molecule has 0 saturated carbocycles. The molecule has 1 aliphatic heterocycles. The molecule has 1 atom stereocenters. The van der Waals surface area contributed by atoms with E-state index < -0.39 is 10.0 Å². The minimum absolute atomic E-state index is 0.0199. The molecule has 4 rings (SSSR count). The number of pyridine rings is 1. The van der Waals surface area contributed by atoms with Crippen LogP contribution in [0.1, 0.15) is 13.3 Å². The molecule has 0 aliphatic carbocycles. The van der Waals surface area contributed by atoms with E-state index in [1.54, 1.807) is 34.8 Å². The molecular formula is C17H20N4O3S. The molecule has 0 radical (unpaired) electrons. The van der Waals surface area contributed by atoms with Crippen molar-refractivity contribution in [2.75, 3.05) is 19.6 Å². The van der Waals surface area contributed by atoms with Crippen LogP contribution < -0.4 is 10.9 Å². The number of sulfonamides is 1. The largest absolute Gasteiger partial charge is 0.357 e. The predicted octanol–water partition coefficient (Wildman–Crippen LogP) is 1.38. The summed E-state index contributed by atoms with van der Waals surface area (Å²) < 4.78 is 27.9. The number of rotatable bonds is 4. The number of nitrogens with one attached hydrogen (secondary N) is 3. The molecule has 25 heavy (non-hydrogen) atoms. The summed E-state index contributed by atoms with van der Waals surface area (Å²) >= 11 is 0. The first-order valence-electron chi connectivity index (χ1n) is 8.38. The van der Waals surface area contributed by atoms with Gasteiger partial charge in [0.1, 0.15) is 5.52 Å². The maximum Gasteiger partial charge on any atom is 0.272 e. The normalized spacial score (nSPS) is 18.6. The summed E-state index contributed by atoms with van der Waals surface area (Å²) in [4.78, 5) is 18.0. The summed E-state index contributed by atoms with van der Waals surface area (Å²) in [5.74, 6) is 0. The van der Waals surface area contributed by atoms with E-state index in [9.17, 15) is 13.2 Å². The molecule has 1 aliphatic rings. The Morgan fingerprint density at radius 2 is 2.08 bits per heavy atom. The second kappa shape index (κ2) is 5.98. The Morgan fingerprint density at radius 3 is 2.80 bits per heavy atom. The number of likely N-dealkylation sites (N-methyl/N-ethyl adjacent to an activating group) is 1. The van der Waals surface area contributed by atoms with Gasteiger partial charge in [0.15, 0.2) is 0 Å². The maximum absolute atomic E-state index is 13.2. The smallest absolute Gasteiger partial charge is 0.272 e. The van der Waals surface area contributed by atoms with E-state index in [2.05, 4.69) is 15.3 Å². The van der Waals surface area contributed by atoms with Gasteiger partial charge in [0, 0.05) is 41.6 Å². The van der Waals surface area contributed by atoms with Crippen molar-refractivity contribution in [3.63, 3.8) is 0 Å². The Labute approximate surface area is 145 Å². The average molecular weight is 360 g/mol. The fourth-order valence-electron chi connectivity index (χ4n) is 3.63. The summed E-state index contributed by atoms with van der Waals surface area (Å²) in [6, 6.07) is 6.66. The number of hydrogen-bond donors (Lipinski definition) is 3. The molecule has 1 fully saturated rings. The second-order valence-electron chi connectivity index (χ2n) is 6.28. The summed E-state index contributed by atoms with van der Waals surface area (Å²) in [7, 11) is -3.60. The molecule has 1 unspecified atom stereocenters. The van der Waals surface area contributed by atoms with Gasteiger partial charge in [-0.3, -0.25) is 4.79 Å². The summed E-state index contributed by atoms with van der Waals surface area (Å²) in [6.07, 6.45) is 2.50. The Morgan fingerprint density at radius 1 is 1.24 bits per heavy atom. The molecule has 1 saturated heterocycles. The molecule has 0 spiro atoms. The summed E-state index contributed by atoms with van der Waals surface area (Å²) in [5.41, 5.74) is 0.867. The Balaban J connectivity index is 1.88. The van der Waals surface area contributed by atoms with Crippen molar-refractivity contribution in [2.45, 2.75) is 24.3 Å². The molecule has 7 nitrogen and oxygen atoms in total. The standard InChI is InChI=1S/C17H20N4O3S/c1-2-21(11-5-7-18-10-11)25(23,24)12-3-4-15-14(9-12)13-6-8-19-16(13)17(22)20-15/h3-4,6,8-9,11,18-19H,2,5,7,10H2,1H3,(H,20,22). The van der Waals surface area contributed by atoms with Gasteiger partial charge in [-0.25, -0.2) is 8.42 Å². The quantitative estimate of drug-likeness (QED) is 0.655. The van der Waals surface area contributed by atoms with Gasteiger partial charge in [-0.15, -0.1) is 0 Å². The third-order valence-corrected chi connectivity index (χ3v) is 6.89. The molecule has 3 aromatic rings. The number of nitrogens with zero attached hydrogens (tertiary/aromatic N) is 1. The summed E-state index contributed by atoms with van der Waals surface area (Å²) in [6.45, 7) is 3.80. The third kappa shape index (κ3) is 2.57. The second-order valence-corrected chi connectivity index (χ2v) is 8.17. The molecule has 2 aromatic heterocycles. The van der Waals surface area contributed by atoms with Crippen molar-refractivity contribution in [3.05, 3.63) is 40.8 Å². The first-order chi connectivity index (χ1) is 12.0. The Hall–Kier alpha value is -2.16. The lowest BCUT2D eigenvalue weighted by molar-refractivity contribution is 0.349. The Kier molecular flexibility index (Phi) is 3.90. The van der Waals surface area contributed by atoms with Crippen molar-refractivity contribution in [3.8, 4) is 0 Å². The van der Waals surface area contributed by atoms with Gasteiger partial charge in [0.2, 0.25) is 10.0 Å². The number of hydrogen-bond acceptors (Lipinski definition) is 4. The molecule has 3 N–H and O–H groups in total. The van der Waals surface area contributed by atoms with E-state index in [1.807, 2.05) is 6.92 Å².